The number of carbonyl (C=O) groups is 2. The summed E-state index contributed by atoms with van der Waals surface area (Å²) >= 11 is 0. The molecular weight excluding hydrogens is 592 g/mol. The van der Waals surface area contributed by atoms with Gasteiger partial charge in [0.15, 0.2) is 0 Å². The van der Waals surface area contributed by atoms with Crippen molar-refractivity contribution in [2.75, 3.05) is 0 Å². The largest absolute Gasteiger partial charge is 0.481 e. The Morgan fingerprint density at radius 2 is 0.625 bits per heavy atom. The highest BCUT2D eigenvalue weighted by Crippen LogP contribution is 2.19. The number of rotatable bonds is 41. The smallest absolute Gasteiger partial charge is 0.306 e. The highest BCUT2D eigenvalue weighted by Gasteiger charge is 2.14. The molecule has 0 aliphatic rings. The molecule has 0 aromatic rings. The maximum atomic E-state index is 12.7. The van der Waals surface area contributed by atoms with E-state index in [4.69, 9.17) is 9.84 Å². The molecule has 0 heterocycles. The normalized spacial score (nSPS) is 12.0. The maximum absolute atomic E-state index is 12.7. The molecule has 0 aromatic carbocycles. The first kappa shape index (κ1) is 46.9. The minimum Gasteiger partial charge on any atom is -0.481 e. The average molecular weight is 679 g/mol. The molecule has 0 saturated heterocycles. The molecule has 1 N–H and O–H groups in total. The van der Waals surface area contributed by atoms with E-state index in [1.165, 1.54) is 186 Å². The summed E-state index contributed by atoms with van der Waals surface area (Å²) in [4.78, 5) is 23.2. The van der Waals surface area contributed by atoms with Crippen LogP contribution in [0.3, 0.4) is 0 Å². The number of carbonyl (C=O) groups excluding carboxylic acids is 1. The number of esters is 1. The van der Waals surface area contributed by atoms with E-state index in [9.17, 15) is 9.59 Å². The lowest BCUT2D eigenvalue weighted by Gasteiger charge is -2.18. The number of aliphatic carboxylic acids is 1. The quantitative estimate of drug-likeness (QED) is 0.0516. The summed E-state index contributed by atoms with van der Waals surface area (Å²) in [7, 11) is 0. The summed E-state index contributed by atoms with van der Waals surface area (Å²) < 4.78 is 6.02. The molecule has 1 unspecified atom stereocenters. The van der Waals surface area contributed by atoms with Crippen molar-refractivity contribution in [2.24, 2.45) is 0 Å². The van der Waals surface area contributed by atoms with Gasteiger partial charge in [-0.25, -0.2) is 0 Å². The molecule has 1 atom stereocenters. The van der Waals surface area contributed by atoms with Gasteiger partial charge in [-0.05, 0) is 38.5 Å². The third kappa shape index (κ3) is 39.4. The Balaban J connectivity index is 3.71. The number of hydrogen-bond acceptors (Lipinski definition) is 3. The molecule has 0 aliphatic heterocycles. The molecule has 48 heavy (non-hydrogen) atoms. The topological polar surface area (TPSA) is 63.6 Å². The van der Waals surface area contributed by atoms with Crippen LogP contribution in [0.25, 0.3) is 0 Å². The molecule has 4 nitrogen and oxygen atoms in total. The van der Waals surface area contributed by atoms with Crippen molar-refractivity contribution in [3.63, 3.8) is 0 Å². The van der Waals surface area contributed by atoms with Crippen LogP contribution < -0.4 is 0 Å². The second-order valence-electron chi connectivity index (χ2n) is 15.3. The lowest BCUT2D eigenvalue weighted by molar-refractivity contribution is -0.150. The van der Waals surface area contributed by atoms with Crippen LogP contribution in [0.4, 0.5) is 0 Å². The van der Waals surface area contributed by atoms with E-state index in [-0.39, 0.29) is 12.1 Å². The van der Waals surface area contributed by atoms with Crippen molar-refractivity contribution >= 4 is 11.9 Å². The van der Waals surface area contributed by atoms with Gasteiger partial charge in [-0.15, -0.1) is 0 Å². The Kier molecular flexibility index (Phi) is 39.5. The number of unbranched alkanes of at least 4 members (excludes halogenated alkanes) is 32. The molecule has 0 amide bonds. The number of carboxylic acid groups (broad SMARTS) is 1. The van der Waals surface area contributed by atoms with Crippen molar-refractivity contribution in [1.82, 2.24) is 0 Å². The second-order valence-corrected chi connectivity index (χ2v) is 15.3. The fraction of sp³-hybridized carbons (Fsp3) is 0.955. The van der Waals surface area contributed by atoms with Crippen LogP contribution in [0.2, 0.25) is 0 Å². The van der Waals surface area contributed by atoms with Crippen LogP contribution in [0.1, 0.15) is 264 Å². The molecular formula is C44H86O4. The van der Waals surface area contributed by atoms with Gasteiger partial charge in [-0.1, -0.05) is 213 Å². The fourth-order valence-electron chi connectivity index (χ4n) is 7.07. The molecule has 0 spiro atoms. The van der Waals surface area contributed by atoms with E-state index in [0.29, 0.717) is 12.8 Å². The molecule has 0 rings (SSSR count). The fourth-order valence-corrected chi connectivity index (χ4v) is 7.07. The Morgan fingerprint density at radius 1 is 0.375 bits per heavy atom. The molecule has 0 aliphatic carbocycles. The molecule has 4 heteroatoms. The van der Waals surface area contributed by atoms with E-state index in [1.807, 2.05) is 0 Å². The predicted octanol–water partition coefficient (Wildman–Crippen LogP) is 15.2. The monoisotopic (exact) mass is 679 g/mol. The molecule has 0 fully saturated rings. The van der Waals surface area contributed by atoms with Gasteiger partial charge in [-0.3, -0.25) is 9.59 Å². The first-order valence-electron chi connectivity index (χ1n) is 22.0. The van der Waals surface area contributed by atoms with Gasteiger partial charge in [0, 0.05) is 12.8 Å². The van der Waals surface area contributed by atoms with E-state index in [1.54, 1.807) is 0 Å². The standard InChI is InChI=1S/C44H86O4/c1-3-5-7-9-10-11-12-13-14-15-16-17-18-19-20-21-22-26-29-33-37-41-44(47)48-42(38-34-30-8-6-4-2)39-35-31-27-24-23-25-28-32-36-40-43(45)46/h42H,3-41H2,1-2H3,(H,45,46). The summed E-state index contributed by atoms with van der Waals surface area (Å²) in [6.07, 6.45) is 48.8. The van der Waals surface area contributed by atoms with Crippen LogP contribution in [0.5, 0.6) is 0 Å². The van der Waals surface area contributed by atoms with Gasteiger partial charge >= 0.3 is 11.9 Å². The van der Waals surface area contributed by atoms with Gasteiger partial charge in [0.25, 0.3) is 0 Å². The van der Waals surface area contributed by atoms with Crippen molar-refractivity contribution in [3.8, 4) is 0 Å². The van der Waals surface area contributed by atoms with Crippen molar-refractivity contribution < 1.29 is 19.4 Å². The summed E-state index contributed by atoms with van der Waals surface area (Å²) in [6, 6.07) is 0. The van der Waals surface area contributed by atoms with E-state index in [2.05, 4.69) is 13.8 Å². The molecule has 0 saturated carbocycles. The number of carboxylic acids is 1. The van der Waals surface area contributed by atoms with Gasteiger partial charge < -0.3 is 9.84 Å². The number of hydrogen-bond donors (Lipinski definition) is 1. The van der Waals surface area contributed by atoms with Crippen molar-refractivity contribution in [1.29, 1.82) is 0 Å². The maximum Gasteiger partial charge on any atom is 0.306 e. The van der Waals surface area contributed by atoms with Crippen molar-refractivity contribution in [3.05, 3.63) is 0 Å². The first-order chi connectivity index (χ1) is 23.6. The molecule has 286 valence electrons. The summed E-state index contributed by atoms with van der Waals surface area (Å²) in [5.41, 5.74) is 0. The van der Waals surface area contributed by atoms with Gasteiger partial charge in [0.1, 0.15) is 6.10 Å². The Hall–Kier alpha value is -1.06. The van der Waals surface area contributed by atoms with Crippen LogP contribution in [0, 0.1) is 0 Å². The lowest BCUT2D eigenvalue weighted by Crippen LogP contribution is -2.18. The third-order valence-electron chi connectivity index (χ3n) is 10.3. The predicted molar refractivity (Wildman–Crippen MR) is 209 cm³/mol. The number of ether oxygens (including phenoxy) is 1. The first-order valence-corrected chi connectivity index (χ1v) is 22.0. The lowest BCUT2D eigenvalue weighted by atomic mass is 10.0. The zero-order chi connectivity index (χ0) is 35.0. The summed E-state index contributed by atoms with van der Waals surface area (Å²) in [6.45, 7) is 4.55. The Morgan fingerprint density at radius 3 is 0.917 bits per heavy atom. The zero-order valence-electron chi connectivity index (χ0n) is 32.8. The molecule has 0 bridgehead atoms. The van der Waals surface area contributed by atoms with Crippen LogP contribution in [-0.2, 0) is 14.3 Å². The van der Waals surface area contributed by atoms with Gasteiger partial charge in [0.2, 0.25) is 0 Å². The van der Waals surface area contributed by atoms with E-state index < -0.39 is 5.97 Å². The van der Waals surface area contributed by atoms with Crippen molar-refractivity contribution in [2.45, 2.75) is 270 Å². The van der Waals surface area contributed by atoms with Crippen LogP contribution >= 0.6 is 0 Å². The molecule has 0 radical (unpaired) electrons. The summed E-state index contributed by atoms with van der Waals surface area (Å²) in [5, 5.41) is 8.72. The minimum atomic E-state index is -0.675. The SMILES string of the molecule is CCCCCCCCCCCCCCCCCCCCCCCC(=O)OC(CCCCCCC)CCCCCCCCCCCC(=O)O. The highest BCUT2D eigenvalue weighted by atomic mass is 16.5. The van der Waals surface area contributed by atoms with Gasteiger partial charge in [-0.2, -0.15) is 0 Å². The third-order valence-corrected chi connectivity index (χ3v) is 10.3. The second kappa shape index (κ2) is 40.4. The minimum absolute atomic E-state index is 0.0364. The summed E-state index contributed by atoms with van der Waals surface area (Å²) in [5.74, 6) is -0.639. The van der Waals surface area contributed by atoms with Crippen LogP contribution in [-0.4, -0.2) is 23.1 Å². The Bertz CT molecular complexity index is 648. The van der Waals surface area contributed by atoms with Crippen LogP contribution in [0.15, 0.2) is 0 Å². The Labute approximate surface area is 301 Å². The van der Waals surface area contributed by atoms with E-state index in [0.717, 1.165) is 51.4 Å². The van der Waals surface area contributed by atoms with Gasteiger partial charge in [0.05, 0.1) is 0 Å². The highest BCUT2D eigenvalue weighted by molar-refractivity contribution is 5.69. The van der Waals surface area contributed by atoms with E-state index >= 15 is 0 Å². The average Bonchev–Trinajstić information content (AvgIpc) is 3.07. The zero-order valence-corrected chi connectivity index (χ0v) is 32.8. The molecule has 0 aromatic heterocycles.